The van der Waals surface area contributed by atoms with E-state index in [4.69, 9.17) is 9.47 Å². The van der Waals surface area contributed by atoms with Crippen LogP contribution >= 0.6 is 11.8 Å². The van der Waals surface area contributed by atoms with Crippen LogP contribution in [0.1, 0.15) is 103 Å². The van der Waals surface area contributed by atoms with Crippen LogP contribution in [0.15, 0.2) is 36.4 Å². The minimum absolute atomic E-state index is 0.0454. The van der Waals surface area contributed by atoms with Crippen LogP contribution in [0.3, 0.4) is 0 Å². The number of hydrogen-bond donors (Lipinski definition) is 2. The van der Waals surface area contributed by atoms with Gasteiger partial charge in [-0.05, 0) is 48.3 Å². The molecule has 0 radical (unpaired) electrons. The van der Waals surface area contributed by atoms with Gasteiger partial charge < -0.3 is 24.6 Å². The molecular weight excluding hydrogens is 590 g/mol. The van der Waals surface area contributed by atoms with Crippen molar-refractivity contribution in [3.63, 3.8) is 0 Å². The third kappa shape index (κ3) is 19.8. The maximum atomic E-state index is 12.3. The number of benzene rings is 1. The van der Waals surface area contributed by atoms with E-state index in [-0.39, 0.29) is 36.6 Å². The SMILES string of the molecule is CCCCCN(CCCCC)C(=O)COC(=O)CCCSCCC.COCc1cccc(C[C@H](O)/C=C/[C@@H]2CC(=O)C[C@H]2O)c1. The molecule has 0 heterocycles. The lowest BCUT2D eigenvalue weighted by Gasteiger charge is -2.22. The molecule has 1 aliphatic carbocycles. The fourth-order valence-electron chi connectivity index (χ4n) is 4.99. The maximum absolute atomic E-state index is 12.3. The molecule has 0 aliphatic heterocycles. The van der Waals surface area contributed by atoms with Crippen molar-refractivity contribution in [2.45, 2.75) is 117 Å². The summed E-state index contributed by atoms with van der Waals surface area (Å²) in [4.78, 5) is 37.1. The Bertz CT molecular complexity index is 976. The second kappa shape index (κ2) is 25.9. The Balaban J connectivity index is 0.000000453. The largest absolute Gasteiger partial charge is 0.456 e. The number of thioether (sulfide) groups is 1. The van der Waals surface area contributed by atoms with Crippen LogP contribution in [0, 0.1) is 5.92 Å². The molecule has 8 nitrogen and oxygen atoms in total. The van der Waals surface area contributed by atoms with Crippen LogP contribution in [0.4, 0.5) is 0 Å². The van der Waals surface area contributed by atoms with Crippen molar-refractivity contribution in [2.24, 2.45) is 5.92 Å². The molecule has 0 saturated heterocycles. The summed E-state index contributed by atoms with van der Waals surface area (Å²) in [6.45, 7) is 8.48. The lowest BCUT2D eigenvalue weighted by atomic mass is 10.0. The van der Waals surface area contributed by atoms with E-state index in [2.05, 4.69) is 20.8 Å². The van der Waals surface area contributed by atoms with E-state index in [1.54, 1.807) is 19.3 Å². The van der Waals surface area contributed by atoms with Crippen LogP contribution in [0.2, 0.25) is 0 Å². The average molecular weight is 650 g/mol. The summed E-state index contributed by atoms with van der Waals surface area (Å²) >= 11 is 1.86. The number of Topliss-reactive ketones (excluding diaryl/α,β-unsaturated/α-hetero) is 1. The Morgan fingerprint density at radius 1 is 1.00 bits per heavy atom. The third-order valence-corrected chi connectivity index (χ3v) is 8.79. The van der Waals surface area contributed by atoms with Crippen molar-refractivity contribution in [3.8, 4) is 0 Å². The number of carbonyl (C=O) groups excluding carboxylic acids is 3. The van der Waals surface area contributed by atoms with E-state index in [1.165, 1.54) is 0 Å². The highest BCUT2D eigenvalue weighted by atomic mass is 32.2. The Morgan fingerprint density at radius 3 is 2.29 bits per heavy atom. The first-order valence-electron chi connectivity index (χ1n) is 16.9. The molecule has 1 amide bonds. The van der Waals surface area contributed by atoms with Crippen LogP contribution in [0.25, 0.3) is 0 Å². The molecule has 1 fully saturated rings. The highest BCUT2D eigenvalue weighted by molar-refractivity contribution is 7.99. The molecule has 2 N–H and O–H groups in total. The van der Waals surface area contributed by atoms with E-state index in [9.17, 15) is 24.6 Å². The van der Waals surface area contributed by atoms with E-state index >= 15 is 0 Å². The molecule has 0 spiro atoms. The molecule has 1 saturated carbocycles. The summed E-state index contributed by atoms with van der Waals surface area (Å²) in [6, 6.07) is 7.90. The van der Waals surface area contributed by atoms with Crippen LogP contribution in [0.5, 0.6) is 0 Å². The summed E-state index contributed by atoms with van der Waals surface area (Å²) in [5.74, 6) is 1.75. The van der Waals surface area contributed by atoms with Gasteiger partial charge in [-0.25, -0.2) is 0 Å². The number of amides is 1. The topological polar surface area (TPSA) is 113 Å². The molecule has 3 atom stereocenters. The normalized spacial score (nSPS) is 16.8. The molecule has 0 unspecified atom stereocenters. The van der Waals surface area contributed by atoms with Crippen LogP contribution in [-0.2, 0) is 36.9 Å². The van der Waals surface area contributed by atoms with Gasteiger partial charge in [0.05, 0.1) is 18.8 Å². The molecular formula is C36H59NO7S. The summed E-state index contributed by atoms with van der Waals surface area (Å²) in [6.07, 6.45) is 12.3. The number of hydrogen-bond acceptors (Lipinski definition) is 8. The fourth-order valence-corrected chi connectivity index (χ4v) is 5.84. The van der Waals surface area contributed by atoms with Gasteiger partial charge in [-0.3, -0.25) is 14.4 Å². The zero-order valence-corrected chi connectivity index (χ0v) is 29.0. The number of esters is 1. The molecule has 0 bridgehead atoms. The Labute approximate surface area is 276 Å². The van der Waals surface area contributed by atoms with Crippen molar-refractivity contribution in [1.82, 2.24) is 4.90 Å². The van der Waals surface area contributed by atoms with Gasteiger partial charge in [-0.1, -0.05) is 82.9 Å². The van der Waals surface area contributed by atoms with Gasteiger partial charge in [0, 0.05) is 51.8 Å². The Hall–Kier alpha value is -2.20. The van der Waals surface area contributed by atoms with Gasteiger partial charge in [0.2, 0.25) is 0 Å². The molecule has 2 rings (SSSR count). The Morgan fingerprint density at radius 2 is 1.69 bits per heavy atom. The van der Waals surface area contributed by atoms with E-state index in [1.807, 2.05) is 40.9 Å². The predicted molar refractivity (Wildman–Crippen MR) is 183 cm³/mol. The van der Waals surface area contributed by atoms with Gasteiger partial charge in [0.1, 0.15) is 5.78 Å². The lowest BCUT2D eigenvalue weighted by molar-refractivity contribution is -0.152. The predicted octanol–water partition coefficient (Wildman–Crippen LogP) is 6.29. The molecule has 9 heteroatoms. The quantitative estimate of drug-likeness (QED) is 0.0856. The fraction of sp³-hybridized carbons (Fsp3) is 0.694. The zero-order valence-electron chi connectivity index (χ0n) is 28.2. The smallest absolute Gasteiger partial charge is 0.306 e. The van der Waals surface area contributed by atoms with Crippen molar-refractivity contribution in [2.75, 3.05) is 38.3 Å². The number of rotatable bonds is 22. The highest BCUT2D eigenvalue weighted by Gasteiger charge is 2.29. The number of carbonyl (C=O) groups is 3. The standard InChI is InChI=1S/C19H37NO3S.C17H22O4/c1-4-7-9-13-20(14-10-8-5-2)18(21)17-23-19(22)12-11-16-24-15-6-3;1-21-11-13-4-2-3-12(7-13)8-15(18)6-5-14-9-16(19)10-17(14)20/h4-17H2,1-3H3;2-7,14-15,17-18,20H,8-11H2,1H3/b;6-5+/t;14-,15-,17-/m.1/s1. The number of aliphatic hydroxyl groups excluding tert-OH is 2. The molecule has 1 aromatic carbocycles. The minimum atomic E-state index is -0.620. The zero-order chi connectivity index (χ0) is 33.3. The van der Waals surface area contributed by atoms with Crippen molar-refractivity contribution < 1.29 is 34.1 Å². The van der Waals surface area contributed by atoms with Gasteiger partial charge >= 0.3 is 5.97 Å². The van der Waals surface area contributed by atoms with Gasteiger partial charge in [-0.2, -0.15) is 11.8 Å². The van der Waals surface area contributed by atoms with Gasteiger partial charge in [-0.15, -0.1) is 0 Å². The number of ether oxygens (including phenoxy) is 2. The van der Waals surface area contributed by atoms with Gasteiger partial charge in [0.25, 0.3) is 5.91 Å². The first-order chi connectivity index (χ1) is 21.7. The summed E-state index contributed by atoms with van der Waals surface area (Å²) in [5, 5.41) is 19.7. The molecule has 256 valence electrons. The maximum Gasteiger partial charge on any atom is 0.306 e. The van der Waals surface area contributed by atoms with Crippen LogP contribution in [-0.4, -0.2) is 83.3 Å². The van der Waals surface area contributed by atoms with Gasteiger partial charge in [0.15, 0.2) is 6.61 Å². The molecule has 1 aliphatic rings. The average Bonchev–Trinajstić information content (AvgIpc) is 3.35. The van der Waals surface area contributed by atoms with Crippen molar-refractivity contribution in [1.29, 1.82) is 0 Å². The molecule has 0 aromatic heterocycles. The summed E-state index contributed by atoms with van der Waals surface area (Å²) < 4.78 is 10.3. The van der Waals surface area contributed by atoms with Crippen LogP contribution < -0.4 is 0 Å². The summed E-state index contributed by atoms with van der Waals surface area (Å²) in [5.41, 5.74) is 2.10. The lowest BCUT2D eigenvalue weighted by Crippen LogP contribution is -2.36. The molecule has 1 aromatic rings. The van der Waals surface area contributed by atoms with E-state index in [0.717, 1.165) is 87.1 Å². The number of methoxy groups -OCH3 is 1. The number of nitrogens with zero attached hydrogens (tertiary/aromatic N) is 1. The first-order valence-corrected chi connectivity index (χ1v) is 18.0. The second-order valence-corrected chi connectivity index (χ2v) is 13.0. The molecule has 45 heavy (non-hydrogen) atoms. The first kappa shape index (κ1) is 40.8. The summed E-state index contributed by atoms with van der Waals surface area (Å²) in [7, 11) is 1.65. The van der Waals surface area contributed by atoms with E-state index in [0.29, 0.717) is 25.9 Å². The minimum Gasteiger partial charge on any atom is -0.456 e. The second-order valence-electron chi connectivity index (χ2n) is 11.8. The van der Waals surface area contributed by atoms with Crippen molar-refractivity contribution >= 4 is 29.4 Å². The highest BCUT2D eigenvalue weighted by Crippen LogP contribution is 2.24. The Kier molecular flexibility index (Phi) is 23.5. The number of unbranched alkanes of at least 4 members (excludes halogenated alkanes) is 4. The monoisotopic (exact) mass is 649 g/mol. The third-order valence-electron chi connectivity index (χ3n) is 7.51. The number of ketones is 1. The van der Waals surface area contributed by atoms with E-state index < -0.39 is 12.2 Å². The van der Waals surface area contributed by atoms with Crippen molar-refractivity contribution in [3.05, 3.63) is 47.5 Å². The number of aliphatic hydroxyl groups is 2.